The second-order valence-electron chi connectivity index (χ2n) is 13.2. The molecule has 3 atom stereocenters. The molecule has 2 aliphatic rings. The first-order chi connectivity index (χ1) is 23.9. The number of H-pyrrole nitrogens is 1. The first-order valence-electron chi connectivity index (χ1n) is 15.7. The third kappa shape index (κ3) is 6.37. The van der Waals surface area contributed by atoms with Gasteiger partial charge < -0.3 is 16.2 Å². The van der Waals surface area contributed by atoms with E-state index in [1.807, 2.05) is 0 Å². The van der Waals surface area contributed by atoms with Crippen LogP contribution in [0.15, 0.2) is 48.5 Å². The smallest absolute Gasteiger partial charge is 0.382 e. The molecule has 0 radical (unpaired) electrons. The minimum Gasteiger partial charge on any atom is -0.382 e. The Morgan fingerprint density at radius 1 is 1.14 bits per heavy atom. The number of nitrogens with one attached hydrogen (secondary N) is 2. The lowest BCUT2D eigenvalue weighted by Crippen LogP contribution is -2.35. The number of anilines is 1. The fraction of sp³-hybridized carbons (Fsp3) is 0.314. The Hall–Kier alpha value is -5.43. The number of nitrogens with zero attached hydrogens (tertiary/aromatic N) is 4. The molecule has 3 aromatic heterocycles. The molecule has 0 bridgehead atoms. The number of nitrogen functional groups attached to an aromatic ring is 1. The van der Waals surface area contributed by atoms with E-state index < -0.39 is 76.6 Å². The molecular weight excluding hydrogens is 683 g/mol. The average molecular weight is 712 g/mol. The van der Waals surface area contributed by atoms with Gasteiger partial charge in [-0.15, -0.1) is 0 Å². The van der Waals surface area contributed by atoms with Gasteiger partial charge in [0.1, 0.15) is 35.2 Å². The van der Waals surface area contributed by atoms with Crippen molar-refractivity contribution in [1.82, 2.24) is 30.3 Å². The van der Waals surface area contributed by atoms with Gasteiger partial charge in [0.05, 0.1) is 17.3 Å². The van der Waals surface area contributed by atoms with Gasteiger partial charge in [-0.25, -0.2) is 13.8 Å². The molecule has 3 heterocycles. The van der Waals surface area contributed by atoms with E-state index in [-0.39, 0.29) is 35.6 Å². The van der Waals surface area contributed by atoms with Gasteiger partial charge >= 0.3 is 6.18 Å². The SMILES string of the molecule is CC(C)(O)C#Cc1ccc(-c2cccc3c(N)n[nH]c23)c([C@H](Cc2cc(F)cc(F)c2)NC(=O)Cn2nc(C(F)(F)F)c3c2C(F)(F)C2C[C@H]32)n1. The number of hydrogen-bond acceptors (Lipinski definition) is 6. The topological polar surface area (TPSA) is 135 Å². The summed E-state index contributed by atoms with van der Waals surface area (Å²) < 4.78 is 101. The number of hydrogen-bond donors (Lipinski definition) is 4. The predicted octanol–water partition coefficient (Wildman–Crippen LogP) is 6.13. The Morgan fingerprint density at radius 3 is 2.55 bits per heavy atom. The van der Waals surface area contributed by atoms with Crippen LogP contribution in [0.1, 0.15) is 66.1 Å². The number of amides is 1. The van der Waals surface area contributed by atoms with Gasteiger partial charge in [0, 0.05) is 34.1 Å². The molecule has 2 aliphatic carbocycles. The van der Waals surface area contributed by atoms with Gasteiger partial charge in [0.25, 0.3) is 5.92 Å². The number of rotatable bonds is 7. The number of alkyl halides is 5. The summed E-state index contributed by atoms with van der Waals surface area (Å²) in [6.45, 7) is 1.87. The first-order valence-corrected chi connectivity index (χ1v) is 15.7. The zero-order valence-electron chi connectivity index (χ0n) is 26.8. The molecule has 1 saturated carbocycles. The summed E-state index contributed by atoms with van der Waals surface area (Å²) in [6.07, 6.45) is -5.47. The maximum absolute atomic E-state index is 15.3. The molecule has 2 aromatic carbocycles. The van der Waals surface area contributed by atoms with Crippen LogP contribution >= 0.6 is 0 Å². The molecule has 9 nitrogen and oxygen atoms in total. The van der Waals surface area contributed by atoms with Crippen LogP contribution in [-0.2, 0) is 29.9 Å². The molecule has 1 unspecified atom stereocenters. The highest BCUT2D eigenvalue weighted by Crippen LogP contribution is 2.68. The summed E-state index contributed by atoms with van der Waals surface area (Å²) in [7, 11) is 0. The lowest BCUT2D eigenvalue weighted by molar-refractivity contribution is -0.142. The van der Waals surface area contributed by atoms with E-state index in [9.17, 15) is 31.9 Å². The summed E-state index contributed by atoms with van der Waals surface area (Å²) in [6, 6.07) is 9.67. The van der Waals surface area contributed by atoms with Gasteiger partial charge in [0.2, 0.25) is 5.91 Å². The van der Waals surface area contributed by atoms with Crippen molar-refractivity contribution in [3.8, 4) is 23.0 Å². The van der Waals surface area contributed by atoms with Crippen LogP contribution in [0.2, 0.25) is 0 Å². The zero-order valence-corrected chi connectivity index (χ0v) is 26.8. The third-order valence-electron chi connectivity index (χ3n) is 8.86. The van der Waals surface area contributed by atoms with Crippen molar-refractivity contribution >= 4 is 22.6 Å². The van der Waals surface area contributed by atoms with Gasteiger partial charge in [-0.1, -0.05) is 18.1 Å². The molecule has 16 heteroatoms. The lowest BCUT2D eigenvalue weighted by atomic mass is 9.93. The highest BCUT2D eigenvalue weighted by molar-refractivity contribution is 5.99. The highest BCUT2D eigenvalue weighted by Gasteiger charge is 2.68. The van der Waals surface area contributed by atoms with E-state index in [4.69, 9.17) is 5.73 Å². The molecule has 1 amide bonds. The van der Waals surface area contributed by atoms with Gasteiger partial charge in [-0.3, -0.25) is 14.6 Å². The molecule has 5 aromatic rings. The second-order valence-corrected chi connectivity index (χ2v) is 13.2. The number of benzene rings is 2. The molecular formula is C35H28F7N7O2. The van der Waals surface area contributed by atoms with Gasteiger partial charge in [-0.2, -0.15) is 32.1 Å². The molecule has 1 fully saturated rings. The summed E-state index contributed by atoms with van der Waals surface area (Å²) in [5, 5.41) is 23.7. The molecule has 264 valence electrons. The summed E-state index contributed by atoms with van der Waals surface area (Å²) in [5.41, 5.74) is 3.19. The Balaban J connectivity index is 1.34. The fourth-order valence-corrected chi connectivity index (χ4v) is 6.69. The molecule has 5 N–H and O–H groups in total. The first kappa shape index (κ1) is 34.0. The van der Waals surface area contributed by atoms with Crippen LogP contribution in [0.3, 0.4) is 0 Å². The van der Waals surface area contributed by atoms with Crippen molar-refractivity contribution in [3.05, 3.63) is 94.1 Å². The predicted molar refractivity (Wildman–Crippen MR) is 170 cm³/mol. The van der Waals surface area contributed by atoms with E-state index >= 15 is 8.78 Å². The third-order valence-corrected chi connectivity index (χ3v) is 8.86. The zero-order chi connectivity index (χ0) is 36.6. The van der Waals surface area contributed by atoms with Crippen molar-refractivity contribution < 1.29 is 40.6 Å². The number of aromatic amines is 1. The average Bonchev–Trinajstić information content (AvgIpc) is 3.53. The van der Waals surface area contributed by atoms with Crippen molar-refractivity contribution in [2.24, 2.45) is 5.92 Å². The number of para-hydroxylation sites is 1. The number of fused-ring (bicyclic) bond motifs is 4. The van der Waals surface area contributed by atoms with E-state index in [1.54, 1.807) is 24.3 Å². The Morgan fingerprint density at radius 2 is 1.86 bits per heavy atom. The van der Waals surface area contributed by atoms with Crippen LogP contribution in [0, 0.1) is 29.4 Å². The van der Waals surface area contributed by atoms with Crippen molar-refractivity contribution in [2.75, 3.05) is 5.73 Å². The van der Waals surface area contributed by atoms with Crippen LogP contribution in [0.5, 0.6) is 0 Å². The maximum atomic E-state index is 15.3. The standard InChI is InChI=1S/C35H28F7N7O2/c1-33(2,51)9-8-19-6-7-21(20-4-3-5-22-28(20)46-47-32(22)43)29(44-19)25(12-16-10-17(36)13-18(37)11-16)45-26(50)15-49-31-27(30(48-49)35(40,41)42)23-14-24(23)34(31,38)39/h3-7,10-11,13,23-25,51H,12,14-15H2,1-2H3,(H,45,50)(H3,43,46,47)/t23-,24?,25-/m0/s1. The quantitative estimate of drug-likeness (QED) is 0.119. The molecule has 0 aliphatic heterocycles. The van der Waals surface area contributed by atoms with Crippen LogP contribution in [0.4, 0.5) is 36.6 Å². The summed E-state index contributed by atoms with van der Waals surface area (Å²) in [4.78, 5) is 18.4. The van der Waals surface area contributed by atoms with Gasteiger partial charge in [-0.05, 0) is 74.4 Å². The minimum atomic E-state index is -5.04. The molecule has 51 heavy (non-hydrogen) atoms. The number of aliphatic hydroxyl groups is 1. The normalized spacial score (nSPS) is 18.2. The van der Waals surface area contributed by atoms with Crippen molar-refractivity contribution in [1.29, 1.82) is 0 Å². The number of halogens is 7. The van der Waals surface area contributed by atoms with Crippen LogP contribution < -0.4 is 11.1 Å². The van der Waals surface area contributed by atoms with E-state index in [0.717, 1.165) is 12.1 Å². The van der Waals surface area contributed by atoms with E-state index in [1.165, 1.54) is 19.9 Å². The number of carbonyl (C=O) groups is 1. The number of aromatic nitrogens is 5. The monoisotopic (exact) mass is 711 g/mol. The number of nitrogens with two attached hydrogens (primary N) is 1. The fourth-order valence-electron chi connectivity index (χ4n) is 6.69. The Labute approximate surface area is 285 Å². The number of pyridine rings is 1. The van der Waals surface area contributed by atoms with E-state index in [2.05, 4.69) is 37.4 Å². The molecule has 7 rings (SSSR count). The minimum absolute atomic E-state index is 0.0634. The summed E-state index contributed by atoms with van der Waals surface area (Å²) >= 11 is 0. The highest BCUT2D eigenvalue weighted by atomic mass is 19.4. The van der Waals surface area contributed by atoms with E-state index in [0.29, 0.717) is 32.8 Å². The lowest BCUT2D eigenvalue weighted by Gasteiger charge is -2.23. The maximum Gasteiger partial charge on any atom is 0.435 e. The summed E-state index contributed by atoms with van der Waals surface area (Å²) in [5.74, 6) is -3.25. The van der Waals surface area contributed by atoms with Crippen LogP contribution in [-0.4, -0.2) is 41.6 Å². The largest absolute Gasteiger partial charge is 0.435 e. The molecule has 0 saturated heterocycles. The second kappa shape index (κ2) is 11.8. The Bertz CT molecular complexity index is 2260. The van der Waals surface area contributed by atoms with Crippen molar-refractivity contribution in [2.45, 2.75) is 62.9 Å². The number of carbonyl (C=O) groups excluding carboxylic acids is 1. The molecule has 0 spiro atoms. The van der Waals surface area contributed by atoms with Gasteiger partial charge in [0.15, 0.2) is 11.5 Å². The van der Waals surface area contributed by atoms with Crippen LogP contribution in [0.25, 0.3) is 22.0 Å². The van der Waals surface area contributed by atoms with Crippen molar-refractivity contribution in [3.63, 3.8) is 0 Å². The Kier molecular flexibility index (Phi) is 7.90.